The molecule has 0 fully saturated rings. The lowest BCUT2D eigenvalue weighted by Crippen LogP contribution is -2.29. The molecule has 0 bridgehead atoms. The van der Waals surface area contributed by atoms with Crippen molar-refractivity contribution >= 4 is 22.4 Å². The molecule has 1 atom stereocenters. The molecule has 0 saturated heterocycles. The quantitative estimate of drug-likeness (QED) is 0.367. The van der Waals surface area contributed by atoms with Gasteiger partial charge in [-0.2, -0.15) is 0 Å². The Bertz CT molecular complexity index is 1240. The van der Waals surface area contributed by atoms with E-state index < -0.39 is 11.0 Å². The van der Waals surface area contributed by atoms with E-state index in [0.29, 0.717) is 16.7 Å². The van der Waals surface area contributed by atoms with Crippen LogP contribution in [0.2, 0.25) is 0 Å². The highest BCUT2D eigenvalue weighted by molar-refractivity contribution is 5.96. The van der Waals surface area contributed by atoms with Crippen LogP contribution in [0.15, 0.2) is 91.0 Å². The number of nitro benzene ring substituents is 1. The summed E-state index contributed by atoms with van der Waals surface area (Å²) >= 11 is 0. The standard InChI is InChI=1S/C24H18N2O4/c27-21-14-13-16-7-4-5-12-20(16)22(21)23(18-10-6-11-19(15-18)26(29)30)25-24(28)17-8-2-1-3-9-17/h1-15,23,27H,(H,25,28)/t23-/m0/s1. The average Bonchev–Trinajstić information content (AvgIpc) is 2.78. The fourth-order valence-corrected chi connectivity index (χ4v) is 3.53. The number of carbonyl (C=O) groups is 1. The van der Waals surface area contributed by atoms with E-state index in [4.69, 9.17) is 0 Å². The maximum Gasteiger partial charge on any atom is 0.269 e. The van der Waals surface area contributed by atoms with Gasteiger partial charge in [-0.15, -0.1) is 0 Å². The van der Waals surface area contributed by atoms with Gasteiger partial charge < -0.3 is 10.4 Å². The van der Waals surface area contributed by atoms with Crippen molar-refractivity contribution < 1.29 is 14.8 Å². The third-order valence-electron chi connectivity index (χ3n) is 4.96. The predicted octanol–water partition coefficient (Wildman–Crippen LogP) is 4.97. The highest BCUT2D eigenvalue weighted by Crippen LogP contribution is 2.36. The zero-order chi connectivity index (χ0) is 21.1. The third kappa shape index (κ3) is 3.71. The molecule has 0 radical (unpaired) electrons. The molecule has 1 amide bonds. The molecular weight excluding hydrogens is 380 g/mol. The largest absolute Gasteiger partial charge is 0.508 e. The Labute approximate surface area is 172 Å². The minimum atomic E-state index is -0.788. The van der Waals surface area contributed by atoms with Crippen LogP contribution in [-0.4, -0.2) is 15.9 Å². The molecule has 0 spiro atoms. The highest BCUT2D eigenvalue weighted by Gasteiger charge is 2.24. The zero-order valence-electron chi connectivity index (χ0n) is 15.9. The topological polar surface area (TPSA) is 92.5 Å². The number of nitrogens with one attached hydrogen (secondary N) is 1. The second-order valence-corrected chi connectivity index (χ2v) is 6.84. The normalized spacial score (nSPS) is 11.7. The van der Waals surface area contributed by atoms with E-state index in [0.717, 1.165) is 10.8 Å². The summed E-state index contributed by atoms with van der Waals surface area (Å²) in [6.45, 7) is 0. The monoisotopic (exact) mass is 398 g/mol. The van der Waals surface area contributed by atoms with Crippen molar-refractivity contribution in [2.75, 3.05) is 0 Å². The summed E-state index contributed by atoms with van der Waals surface area (Å²) in [5.41, 5.74) is 1.34. The number of amides is 1. The Morgan fingerprint density at radius 1 is 0.900 bits per heavy atom. The number of aromatic hydroxyl groups is 1. The molecular formula is C24H18N2O4. The lowest BCUT2D eigenvalue weighted by atomic mass is 9.92. The molecule has 6 heteroatoms. The van der Waals surface area contributed by atoms with Crippen LogP contribution in [0.1, 0.15) is 27.5 Å². The second-order valence-electron chi connectivity index (χ2n) is 6.84. The predicted molar refractivity (Wildman–Crippen MR) is 114 cm³/mol. The minimum absolute atomic E-state index is 0.00133. The highest BCUT2D eigenvalue weighted by atomic mass is 16.6. The van der Waals surface area contributed by atoms with Crippen LogP contribution >= 0.6 is 0 Å². The molecule has 0 aliphatic heterocycles. The van der Waals surface area contributed by atoms with Crippen LogP contribution in [0.3, 0.4) is 0 Å². The van der Waals surface area contributed by atoms with Gasteiger partial charge in [0, 0.05) is 23.3 Å². The number of non-ortho nitro benzene ring substituents is 1. The molecule has 0 unspecified atom stereocenters. The molecule has 0 aromatic heterocycles. The van der Waals surface area contributed by atoms with E-state index in [9.17, 15) is 20.0 Å². The number of hydrogen-bond donors (Lipinski definition) is 2. The molecule has 2 N–H and O–H groups in total. The first-order valence-electron chi connectivity index (χ1n) is 9.35. The average molecular weight is 398 g/mol. The molecule has 148 valence electrons. The summed E-state index contributed by atoms with van der Waals surface area (Å²) in [5, 5.41) is 26.6. The van der Waals surface area contributed by atoms with Crippen LogP contribution in [0, 0.1) is 10.1 Å². The lowest BCUT2D eigenvalue weighted by molar-refractivity contribution is -0.384. The van der Waals surface area contributed by atoms with Gasteiger partial charge in [-0.25, -0.2) is 0 Å². The van der Waals surface area contributed by atoms with Crippen molar-refractivity contribution in [2.24, 2.45) is 0 Å². The summed E-state index contributed by atoms with van der Waals surface area (Å²) in [6.07, 6.45) is 0. The minimum Gasteiger partial charge on any atom is -0.508 e. The van der Waals surface area contributed by atoms with Gasteiger partial charge in [0.2, 0.25) is 0 Å². The first-order valence-corrected chi connectivity index (χ1v) is 9.35. The van der Waals surface area contributed by atoms with Crippen LogP contribution in [0.5, 0.6) is 5.75 Å². The Hall–Kier alpha value is -4.19. The summed E-state index contributed by atoms with van der Waals surface area (Å²) in [6, 6.07) is 24.8. The van der Waals surface area contributed by atoms with E-state index in [1.54, 1.807) is 48.5 Å². The first-order chi connectivity index (χ1) is 14.5. The van der Waals surface area contributed by atoms with Crippen LogP contribution in [0.4, 0.5) is 5.69 Å². The molecule has 30 heavy (non-hydrogen) atoms. The fourth-order valence-electron chi connectivity index (χ4n) is 3.53. The van der Waals surface area contributed by atoms with Crippen LogP contribution in [0.25, 0.3) is 10.8 Å². The van der Waals surface area contributed by atoms with Crippen molar-refractivity contribution in [1.29, 1.82) is 0 Å². The van der Waals surface area contributed by atoms with Gasteiger partial charge in [-0.1, -0.05) is 60.7 Å². The van der Waals surface area contributed by atoms with Gasteiger partial charge in [0.1, 0.15) is 5.75 Å². The van der Waals surface area contributed by atoms with Crippen molar-refractivity contribution in [1.82, 2.24) is 5.32 Å². The van der Waals surface area contributed by atoms with Crippen molar-refractivity contribution in [2.45, 2.75) is 6.04 Å². The zero-order valence-corrected chi connectivity index (χ0v) is 15.9. The number of nitro groups is 1. The number of phenolic OH excluding ortho intramolecular Hbond substituents is 1. The number of benzene rings is 4. The maximum absolute atomic E-state index is 12.9. The fraction of sp³-hybridized carbons (Fsp3) is 0.0417. The van der Waals surface area contributed by atoms with Crippen LogP contribution < -0.4 is 5.32 Å². The summed E-state index contributed by atoms with van der Waals surface area (Å²) in [4.78, 5) is 23.8. The number of carbonyl (C=O) groups excluding carboxylic acids is 1. The van der Waals surface area contributed by atoms with Gasteiger partial charge in [-0.05, 0) is 34.5 Å². The number of fused-ring (bicyclic) bond motifs is 1. The van der Waals surface area contributed by atoms with E-state index in [1.165, 1.54) is 12.1 Å². The van der Waals surface area contributed by atoms with Crippen molar-refractivity contribution in [3.8, 4) is 5.75 Å². The van der Waals surface area contributed by atoms with E-state index in [-0.39, 0.29) is 17.3 Å². The Kier molecular flexibility index (Phi) is 5.13. The molecule has 4 rings (SSSR count). The number of rotatable bonds is 5. The van der Waals surface area contributed by atoms with Gasteiger partial charge >= 0.3 is 0 Å². The Balaban J connectivity index is 1.89. The SMILES string of the molecule is O=C(N[C@@H](c1cccc([N+](=O)[O-])c1)c1c(O)ccc2ccccc12)c1ccccc1. The number of nitrogens with zero attached hydrogens (tertiary/aromatic N) is 1. The van der Waals surface area contributed by atoms with E-state index in [1.807, 2.05) is 30.3 Å². The van der Waals surface area contributed by atoms with E-state index >= 15 is 0 Å². The summed E-state index contributed by atoms with van der Waals surface area (Å²) in [5.74, 6) is -0.349. The molecule has 0 saturated carbocycles. The first kappa shape index (κ1) is 19.1. The number of hydrogen-bond acceptors (Lipinski definition) is 4. The van der Waals surface area contributed by atoms with Gasteiger partial charge in [0.25, 0.3) is 11.6 Å². The summed E-state index contributed by atoms with van der Waals surface area (Å²) in [7, 11) is 0. The number of phenols is 1. The lowest BCUT2D eigenvalue weighted by Gasteiger charge is -2.22. The molecule has 0 aliphatic rings. The maximum atomic E-state index is 12.9. The molecule has 0 heterocycles. The summed E-state index contributed by atoms with van der Waals surface area (Å²) < 4.78 is 0. The van der Waals surface area contributed by atoms with Gasteiger partial charge in [0.05, 0.1) is 11.0 Å². The van der Waals surface area contributed by atoms with Crippen LogP contribution in [-0.2, 0) is 0 Å². The van der Waals surface area contributed by atoms with Crippen molar-refractivity contribution in [3.63, 3.8) is 0 Å². The molecule has 0 aliphatic carbocycles. The van der Waals surface area contributed by atoms with Gasteiger partial charge in [0.15, 0.2) is 0 Å². The molecule has 4 aromatic carbocycles. The van der Waals surface area contributed by atoms with Crippen molar-refractivity contribution in [3.05, 3.63) is 118 Å². The third-order valence-corrected chi connectivity index (χ3v) is 4.96. The van der Waals surface area contributed by atoms with Gasteiger partial charge in [-0.3, -0.25) is 14.9 Å². The van der Waals surface area contributed by atoms with E-state index in [2.05, 4.69) is 5.32 Å². The molecule has 6 nitrogen and oxygen atoms in total. The Morgan fingerprint density at radius 2 is 1.63 bits per heavy atom. The smallest absolute Gasteiger partial charge is 0.269 e. The Morgan fingerprint density at radius 3 is 2.40 bits per heavy atom. The molecule has 4 aromatic rings. The second kappa shape index (κ2) is 8.05.